The first-order valence-corrected chi connectivity index (χ1v) is 3.93. The van der Waals surface area contributed by atoms with E-state index in [0.717, 1.165) is 0 Å². The summed E-state index contributed by atoms with van der Waals surface area (Å²) in [5.74, 6) is -3.42. The zero-order valence-corrected chi connectivity index (χ0v) is 10.6. The van der Waals surface area contributed by atoms with Crippen molar-refractivity contribution in [2.75, 3.05) is 0 Å². The molecular weight excluding hydrogens is 199 g/mol. The molecule has 0 spiro atoms. The van der Waals surface area contributed by atoms with Crippen LogP contribution >= 0.6 is 0 Å². The molecule has 0 radical (unpaired) electrons. The number of carbonyl (C=O) groups excluding carboxylic acids is 2. The standard InChI is InChI=1S/C8H12O5.Na.H/c1-3-5(2)13-8(12)6(9)4-7(10)11;;/h5H,3-4H2,1-2H3,(H,10,11);;/q;+1;-1. The van der Waals surface area contributed by atoms with Crippen LogP contribution in [0.25, 0.3) is 0 Å². The van der Waals surface area contributed by atoms with E-state index < -0.39 is 24.1 Å². The van der Waals surface area contributed by atoms with E-state index in [1.54, 1.807) is 13.8 Å². The van der Waals surface area contributed by atoms with E-state index >= 15 is 0 Å². The number of hydrogen-bond acceptors (Lipinski definition) is 4. The van der Waals surface area contributed by atoms with Gasteiger partial charge in [0.25, 0.3) is 5.78 Å². The fraction of sp³-hybridized carbons (Fsp3) is 0.625. The second kappa shape index (κ2) is 7.96. The Balaban J connectivity index is -0.000000720. The Morgan fingerprint density at radius 2 is 1.93 bits per heavy atom. The van der Waals surface area contributed by atoms with Crippen molar-refractivity contribution in [1.82, 2.24) is 0 Å². The van der Waals surface area contributed by atoms with E-state index in [2.05, 4.69) is 4.74 Å². The number of aliphatic carboxylic acids is 1. The van der Waals surface area contributed by atoms with Crippen molar-refractivity contribution in [3.05, 3.63) is 0 Å². The van der Waals surface area contributed by atoms with Gasteiger partial charge in [-0.3, -0.25) is 9.59 Å². The molecule has 0 aromatic rings. The van der Waals surface area contributed by atoms with Crippen molar-refractivity contribution in [3.8, 4) is 0 Å². The molecule has 0 aromatic heterocycles. The Kier molecular flexibility index (Phi) is 9.13. The molecule has 0 aliphatic carbocycles. The number of hydrogen-bond donors (Lipinski definition) is 1. The number of ether oxygens (including phenoxy) is 1. The van der Waals surface area contributed by atoms with Crippen LogP contribution in [-0.4, -0.2) is 28.9 Å². The summed E-state index contributed by atoms with van der Waals surface area (Å²) in [5, 5.41) is 8.20. The van der Waals surface area contributed by atoms with Crippen molar-refractivity contribution < 1.29 is 55.2 Å². The van der Waals surface area contributed by atoms with Gasteiger partial charge in [-0.15, -0.1) is 0 Å². The predicted octanol–water partition coefficient (Wildman–Crippen LogP) is -2.51. The molecule has 0 fully saturated rings. The molecule has 6 heteroatoms. The van der Waals surface area contributed by atoms with E-state index in [0.29, 0.717) is 6.42 Å². The minimum Gasteiger partial charge on any atom is -1.00 e. The van der Waals surface area contributed by atoms with Crippen LogP contribution in [0.2, 0.25) is 0 Å². The van der Waals surface area contributed by atoms with Gasteiger partial charge in [0.15, 0.2) is 0 Å². The van der Waals surface area contributed by atoms with E-state index in [-0.39, 0.29) is 37.1 Å². The molecule has 0 aromatic carbocycles. The molecule has 0 amide bonds. The Labute approximate surface area is 106 Å². The van der Waals surface area contributed by atoms with Gasteiger partial charge in [-0.05, 0) is 13.3 Å². The monoisotopic (exact) mass is 212 g/mol. The third-order valence-electron chi connectivity index (χ3n) is 1.42. The summed E-state index contributed by atoms with van der Waals surface area (Å²) in [5.41, 5.74) is 0. The molecule has 0 aliphatic rings. The first-order chi connectivity index (χ1) is 5.97. The van der Waals surface area contributed by atoms with Crippen LogP contribution in [0.3, 0.4) is 0 Å². The third kappa shape index (κ3) is 7.06. The zero-order chi connectivity index (χ0) is 10.4. The van der Waals surface area contributed by atoms with Crippen molar-refractivity contribution in [2.24, 2.45) is 0 Å². The minimum atomic E-state index is -1.33. The molecule has 0 aliphatic heterocycles. The second-order valence-electron chi connectivity index (χ2n) is 2.62. The molecule has 1 unspecified atom stereocenters. The number of rotatable bonds is 5. The maximum Gasteiger partial charge on any atom is 1.00 e. The van der Waals surface area contributed by atoms with Crippen molar-refractivity contribution >= 4 is 17.7 Å². The van der Waals surface area contributed by atoms with Crippen LogP contribution in [-0.2, 0) is 19.1 Å². The Bertz CT molecular complexity index is 231. The molecular formula is C8H13NaO5. The third-order valence-corrected chi connectivity index (χ3v) is 1.42. The zero-order valence-electron chi connectivity index (χ0n) is 9.57. The van der Waals surface area contributed by atoms with Gasteiger partial charge >= 0.3 is 41.5 Å². The van der Waals surface area contributed by atoms with Gasteiger partial charge < -0.3 is 11.3 Å². The molecule has 76 valence electrons. The molecule has 0 saturated carbocycles. The van der Waals surface area contributed by atoms with E-state index in [4.69, 9.17) is 5.11 Å². The van der Waals surface area contributed by atoms with Crippen LogP contribution in [0.5, 0.6) is 0 Å². The molecule has 1 atom stereocenters. The quantitative estimate of drug-likeness (QED) is 0.235. The normalized spacial score (nSPS) is 11.0. The molecule has 0 heterocycles. The first kappa shape index (κ1) is 16.1. The average Bonchev–Trinajstić information content (AvgIpc) is 2.02. The van der Waals surface area contributed by atoms with Gasteiger partial charge in [-0.25, -0.2) is 4.79 Å². The van der Waals surface area contributed by atoms with Gasteiger partial charge in [0.05, 0.1) is 6.10 Å². The summed E-state index contributed by atoms with van der Waals surface area (Å²) in [4.78, 5) is 31.6. The molecule has 1 N–H and O–H groups in total. The summed E-state index contributed by atoms with van der Waals surface area (Å²) in [7, 11) is 0. The second-order valence-corrected chi connectivity index (χ2v) is 2.62. The van der Waals surface area contributed by atoms with Gasteiger partial charge in [0.2, 0.25) is 0 Å². The molecule has 0 bridgehead atoms. The number of carboxylic acid groups (broad SMARTS) is 1. The van der Waals surface area contributed by atoms with Crippen molar-refractivity contribution in [2.45, 2.75) is 32.8 Å². The van der Waals surface area contributed by atoms with Gasteiger partial charge in [-0.1, -0.05) is 6.92 Å². The molecule has 14 heavy (non-hydrogen) atoms. The first-order valence-electron chi connectivity index (χ1n) is 3.93. The number of carbonyl (C=O) groups is 3. The smallest absolute Gasteiger partial charge is 1.00 e. The van der Waals surface area contributed by atoms with E-state index in [9.17, 15) is 14.4 Å². The van der Waals surface area contributed by atoms with Gasteiger partial charge in [-0.2, -0.15) is 0 Å². The molecule has 5 nitrogen and oxygen atoms in total. The van der Waals surface area contributed by atoms with Crippen LogP contribution in [0.4, 0.5) is 0 Å². The average molecular weight is 212 g/mol. The maximum atomic E-state index is 10.8. The Hall–Kier alpha value is -0.390. The van der Waals surface area contributed by atoms with Gasteiger partial charge in [0.1, 0.15) is 6.42 Å². The topological polar surface area (TPSA) is 80.7 Å². The summed E-state index contributed by atoms with van der Waals surface area (Å²) < 4.78 is 4.61. The fourth-order valence-electron chi connectivity index (χ4n) is 0.541. The van der Waals surface area contributed by atoms with Gasteiger partial charge in [0, 0.05) is 0 Å². The Morgan fingerprint density at radius 1 is 1.43 bits per heavy atom. The number of ketones is 1. The fourth-order valence-corrected chi connectivity index (χ4v) is 0.541. The predicted molar refractivity (Wildman–Crippen MR) is 44.2 cm³/mol. The Morgan fingerprint density at radius 3 is 2.29 bits per heavy atom. The van der Waals surface area contributed by atoms with Crippen molar-refractivity contribution in [3.63, 3.8) is 0 Å². The van der Waals surface area contributed by atoms with Crippen LogP contribution in [0.1, 0.15) is 28.1 Å². The summed E-state index contributed by atoms with van der Waals surface area (Å²) in [6, 6.07) is 0. The summed E-state index contributed by atoms with van der Waals surface area (Å²) >= 11 is 0. The number of esters is 1. The molecule has 0 rings (SSSR count). The summed E-state index contributed by atoms with van der Waals surface area (Å²) in [6.45, 7) is 3.42. The molecule has 0 saturated heterocycles. The van der Waals surface area contributed by atoms with E-state index in [1.165, 1.54) is 0 Å². The van der Waals surface area contributed by atoms with Crippen LogP contribution in [0.15, 0.2) is 0 Å². The minimum absolute atomic E-state index is 0. The largest absolute Gasteiger partial charge is 1.00 e. The van der Waals surface area contributed by atoms with Crippen LogP contribution < -0.4 is 29.6 Å². The SMILES string of the molecule is CCC(C)OC(=O)C(=O)CC(=O)O.[H-].[Na+]. The maximum absolute atomic E-state index is 10.8. The number of carboxylic acids is 1. The van der Waals surface area contributed by atoms with Crippen molar-refractivity contribution in [1.29, 1.82) is 0 Å². The van der Waals surface area contributed by atoms with Crippen LogP contribution in [0, 0.1) is 0 Å². The number of Topliss-reactive ketones (excluding diaryl/α,β-unsaturated/α-hetero) is 1. The van der Waals surface area contributed by atoms with E-state index in [1.807, 2.05) is 0 Å². The summed E-state index contributed by atoms with van der Waals surface area (Å²) in [6.07, 6.45) is -0.577.